The van der Waals surface area contributed by atoms with Gasteiger partial charge in [0.25, 0.3) is 5.56 Å². The van der Waals surface area contributed by atoms with Crippen LogP contribution in [0.15, 0.2) is 11.1 Å². The van der Waals surface area contributed by atoms with Crippen molar-refractivity contribution in [2.45, 2.75) is 25.5 Å². The Morgan fingerprint density at radius 2 is 2.37 bits per heavy atom. The molecule has 0 bridgehead atoms. The van der Waals surface area contributed by atoms with Crippen molar-refractivity contribution in [3.63, 3.8) is 0 Å². The maximum absolute atomic E-state index is 11.7. The number of nitrogen functional groups attached to an aromatic ring is 1. The number of aromatic nitrogens is 4. The van der Waals surface area contributed by atoms with Gasteiger partial charge in [0, 0.05) is 0 Å². The molecule has 0 amide bonds. The monoisotopic (exact) mass is 267 g/mol. The molecule has 1 aliphatic rings. The Kier molecular flexibility index (Phi) is 2.73. The number of imidazole rings is 1. The fourth-order valence-electron chi connectivity index (χ4n) is 2.11. The van der Waals surface area contributed by atoms with Crippen molar-refractivity contribution in [2.75, 3.05) is 12.3 Å². The zero-order valence-corrected chi connectivity index (χ0v) is 10.1. The number of rotatable bonds is 2. The number of anilines is 1. The molecule has 1 aliphatic heterocycles. The summed E-state index contributed by atoms with van der Waals surface area (Å²) in [6.45, 7) is 1.55. The van der Waals surface area contributed by atoms with E-state index in [1.165, 1.54) is 6.33 Å². The van der Waals surface area contributed by atoms with Crippen molar-refractivity contribution < 1.29 is 14.6 Å². The SMILES string of the molecule is C[C@@H]1O[C@H](CO)O[C@H]1n1cnc2c(=O)[nH]c(N)nc21. The Balaban J connectivity index is 2.09. The molecule has 0 aromatic carbocycles. The standard InChI is InChI=1S/C10H13N5O4/c1-4-9(19-5(2-16)18-4)15-3-12-6-7(15)13-10(11)14-8(6)17/h3-5,9,16H,2H2,1H3,(H3,11,13,14,17)/t4-,5-,9+/m0/s1. The molecule has 4 N–H and O–H groups in total. The second kappa shape index (κ2) is 4.30. The number of fused-ring (bicyclic) bond motifs is 1. The summed E-state index contributed by atoms with van der Waals surface area (Å²) in [6.07, 6.45) is -0.0825. The van der Waals surface area contributed by atoms with Gasteiger partial charge >= 0.3 is 0 Å². The van der Waals surface area contributed by atoms with Gasteiger partial charge < -0.3 is 20.3 Å². The first-order valence-electron chi connectivity index (χ1n) is 5.74. The van der Waals surface area contributed by atoms with Crippen LogP contribution in [0.3, 0.4) is 0 Å². The Hall–Kier alpha value is -1.97. The lowest BCUT2D eigenvalue weighted by atomic mass is 10.3. The largest absolute Gasteiger partial charge is 0.391 e. The zero-order valence-electron chi connectivity index (χ0n) is 10.1. The highest BCUT2D eigenvalue weighted by Gasteiger charge is 2.35. The number of H-pyrrole nitrogens is 1. The topological polar surface area (TPSA) is 128 Å². The summed E-state index contributed by atoms with van der Waals surface area (Å²) in [4.78, 5) is 22.1. The number of aliphatic hydroxyl groups excluding tert-OH is 1. The highest BCUT2D eigenvalue weighted by Crippen LogP contribution is 2.29. The third-order valence-corrected chi connectivity index (χ3v) is 2.93. The second-order valence-corrected chi connectivity index (χ2v) is 4.26. The van der Waals surface area contributed by atoms with E-state index in [-0.39, 0.29) is 24.2 Å². The maximum Gasteiger partial charge on any atom is 0.280 e. The molecule has 0 spiro atoms. The van der Waals surface area contributed by atoms with Gasteiger partial charge in [-0.3, -0.25) is 14.3 Å². The van der Waals surface area contributed by atoms with Crippen LogP contribution in [0.1, 0.15) is 13.2 Å². The first-order chi connectivity index (χ1) is 9.10. The average molecular weight is 267 g/mol. The van der Waals surface area contributed by atoms with Crippen LogP contribution in [-0.2, 0) is 9.47 Å². The Bertz CT molecular complexity index is 665. The molecule has 1 fully saturated rings. The predicted molar refractivity (Wildman–Crippen MR) is 64.1 cm³/mol. The minimum absolute atomic E-state index is 0.00419. The quantitative estimate of drug-likeness (QED) is 0.633. The van der Waals surface area contributed by atoms with Crippen LogP contribution in [0.2, 0.25) is 0 Å². The molecule has 2 aromatic heterocycles. The smallest absolute Gasteiger partial charge is 0.280 e. The number of nitrogens with zero attached hydrogens (tertiary/aromatic N) is 3. The highest BCUT2D eigenvalue weighted by molar-refractivity contribution is 5.70. The number of nitrogens with one attached hydrogen (secondary N) is 1. The molecular weight excluding hydrogens is 254 g/mol. The highest BCUT2D eigenvalue weighted by atomic mass is 16.7. The summed E-state index contributed by atoms with van der Waals surface area (Å²) in [5.74, 6) is 0.00419. The molecule has 3 atom stereocenters. The summed E-state index contributed by atoms with van der Waals surface area (Å²) < 4.78 is 12.5. The molecule has 0 radical (unpaired) electrons. The molecule has 3 heterocycles. The van der Waals surface area contributed by atoms with E-state index in [4.69, 9.17) is 20.3 Å². The van der Waals surface area contributed by atoms with Crippen LogP contribution < -0.4 is 11.3 Å². The summed E-state index contributed by atoms with van der Waals surface area (Å²) in [5, 5.41) is 9.04. The van der Waals surface area contributed by atoms with Crippen LogP contribution >= 0.6 is 0 Å². The molecule has 19 heavy (non-hydrogen) atoms. The molecule has 102 valence electrons. The van der Waals surface area contributed by atoms with E-state index in [0.717, 1.165) is 0 Å². The molecule has 9 nitrogen and oxygen atoms in total. The average Bonchev–Trinajstić information content (AvgIpc) is 2.92. The van der Waals surface area contributed by atoms with Crippen molar-refractivity contribution >= 4 is 17.1 Å². The van der Waals surface area contributed by atoms with Crippen molar-refractivity contribution in [1.29, 1.82) is 0 Å². The lowest BCUT2D eigenvalue weighted by molar-refractivity contribution is -0.101. The van der Waals surface area contributed by atoms with Gasteiger partial charge in [0.05, 0.1) is 12.9 Å². The van der Waals surface area contributed by atoms with Crippen molar-refractivity contribution in [3.8, 4) is 0 Å². The number of nitrogens with two attached hydrogens (primary N) is 1. The molecular formula is C10H13N5O4. The van der Waals surface area contributed by atoms with Crippen LogP contribution in [0.25, 0.3) is 11.2 Å². The maximum atomic E-state index is 11.7. The summed E-state index contributed by atoms with van der Waals surface area (Å²) in [6, 6.07) is 0. The number of ether oxygens (including phenoxy) is 2. The van der Waals surface area contributed by atoms with Gasteiger partial charge in [-0.25, -0.2) is 4.98 Å². The van der Waals surface area contributed by atoms with Crippen LogP contribution in [0.4, 0.5) is 5.95 Å². The fourth-order valence-corrected chi connectivity index (χ4v) is 2.11. The van der Waals surface area contributed by atoms with E-state index in [9.17, 15) is 4.79 Å². The lowest BCUT2D eigenvalue weighted by Crippen LogP contribution is -2.19. The molecule has 0 aliphatic carbocycles. The third kappa shape index (κ3) is 1.87. The van der Waals surface area contributed by atoms with Crippen LogP contribution in [-0.4, -0.2) is 43.6 Å². The van der Waals surface area contributed by atoms with Crippen LogP contribution in [0.5, 0.6) is 0 Å². The van der Waals surface area contributed by atoms with E-state index in [0.29, 0.717) is 5.65 Å². The van der Waals surface area contributed by atoms with Crippen LogP contribution in [0, 0.1) is 0 Å². The minimum Gasteiger partial charge on any atom is -0.391 e. The number of aliphatic hydroxyl groups is 1. The summed E-state index contributed by atoms with van der Waals surface area (Å²) in [5.41, 5.74) is 5.61. The lowest BCUT2D eigenvalue weighted by Gasteiger charge is -2.14. The molecule has 0 unspecified atom stereocenters. The normalized spacial score (nSPS) is 27.2. The van der Waals surface area contributed by atoms with Gasteiger partial charge in [0.1, 0.15) is 6.10 Å². The number of hydrogen-bond acceptors (Lipinski definition) is 7. The van der Waals surface area contributed by atoms with E-state index in [1.807, 2.05) is 0 Å². The Morgan fingerprint density at radius 1 is 1.58 bits per heavy atom. The first-order valence-corrected chi connectivity index (χ1v) is 5.74. The summed E-state index contributed by atoms with van der Waals surface area (Å²) in [7, 11) is 0. The Morgan fingerprint density at radius 3 is 3.05 bits per heavy atom. The number of hydrogen-bond donors (Lipinski definition) is 3. The van der Waals surface area contributed by atoms with Gasteiger partial charge in [0.15, 0.2) is 23.7 Å². The third-order valence-electron chi connectivity index (χ3n) is 2.93. The molecule has 2 aromatic rings. The summed E-state index contributed by atoms with van der Waals surface area (Å²) >= 11 is 0. The Labute approximate surface area is 107 Å². The van der Waals surface area contributed by atoms with Gasteiger partial charge in [-0.1, -0.05) is 0 Å². The molecule has 0 saturated carbocycles. The van der Waals surface area contributed by atoms with Crippen molar-refractivity contribution in [1.82, 2.24) is 19.5 Å². The van der Waals surface area contributed by atoms with Crippen molar-refractivity contribution in [2.24, 2.45) is 0 Å². The molecule has 3 rings (SSSR count). The molecule has 9 heteroatoms. The number of aromatic amines is 1. The van der Waals surface area contributed by atoms with E-state index in [2.05, 4.69) is 15.0 Å². The fraction of sp³-hybridized carbons (Fsp3) is 0.500. The van der Waals surface area contributed by atoms with Gasteiger partial charge in [0.2, 0.25) is 5.95 Å². The van der Waals surface area contributed by atoms with E-state index in [1.54, 1.807) is 11.5 Å². The molecule has 1 saturated heterocycles. The van der Waals surface area contributed by atoms with Gasteiger partial charge in [-0.2, -0.15) is 4.98 Å². The van der Waals surface area contributed by atoms with E-state index < -0.39 is 18.1 Å². The predicted octanol–water partition coefficient (Wildman–Crippen LogP) is -1.05. The van der Waals surface area contributed by atoms with Gasteiger partial charge in [-0.15, -0.1) is 0 Å². The zero-order chi connectivity index (χ0) is 13.6. The van der Waals surface area contributed by atoms with Crippen molar-refractivity contribution in [3.05, 3.63) is 16.7 Å². The van der Waals surface area contributed by atoms with Gasteiger partial charge in [-0.05, 0) is 6.92 Å². The van der Waals surface area contributed by atoms with E-state index >= 15 is 0 Å². The second-order valence-electron chi connectivity index (χ2n) is 4.26. The minimum atomic E-state index is -0.697. The first kappa shape index (κ1) is 12.1.